The Kier molecular flexibility index (Phi) is 5.44. The summed E-state index contributed by atoms with van der Waals surface area (Å²) in [6.07, 6.45) is 0.933. The van der Waals surface area contributed by atoms with Gasteiger partial charge in [0.25, 0.3) is 0 Å². The Morgan fingerprint density at radius 3 is 2.25 bits per heavy atom. The highest BCUT2D eigenvalue weighted by molar-refractivity contribution is 7.92. The second-order valence-corrected chi connectivity index (χ2v) is 7.82. The van der Waals surface area contributed by atoms with Crippen molar-refractivity contribution >= 4 is 21.6 Å². The molecule has 1 amide bonds. The standard InChI is InChI=1S/C15H21F2N3O3S/c1-11(15(21)19-8-6-18(2)7-9-19)20(24(3,22)23)12-4-5-13(16)14(17)10-12/h4-5,10-11H,6-9H2,1-3H3/t11-/m1/s1. The van der Waals surface area contributed by atoms with Gasteiger partial charge in [0.2, 0.25) is 15.9 Å². The Balaban J connectivity index is 2.30. The summed E-state index contributed by atoms with van der Waals surface area (Å²) in [6, 6.07) is 1.72. The van der Waals surface area contributed by atoms with Crippen molar-refractivity contribution < 1.29 is 22.0 Å². The Labute approximate surface area is 140 Å². The molecule has 9 heteroatoms. The van der Waals surface area contributed by atoms with Gasteiger partial charge in [-0.05, 0) is 26.1 Å². The largest absolute Gasteiger partial charge is 0.338 e. The molecular formula is C15H21F2N3O3S. The molecule has 134 valence electrons. The normalized spacial score (nSPS) is 17.6. The van der Waals surface area contributed by atoms with E-state index in [4.69, 9.17) is 0 Å². The number of nitrogens with zero attached hydrogens (tertiary/aromatic N) is 3. The van der Waals surface area contributed by atoms with Crippen molar-refractivity contribution in [2.75, 3.05) is 43.8 Å². The lowest BCUT2D eigenvalue weighted by Gasteiger charge is -2.36. The molecule has 24 heavy (non-hydrogen) atoms. The number of hydrogen-bond donors (Lipinski definition) is 0. The minimum Gasteiger partial charge on any atom is -0.338 e. The van der Waals surface area contributed by atoms with E-state index in [2.05, 4.69) is 4.90 Å². The number of amides is 1. The number of hydrogen-bond acceptors (Lipinski definition) is 4. The van der Waals surface area contributed by atoms with Crippen LogP contribution in [0.25, 0.3) is 0 Å². The van der Waals surface area contributed by atoms with Crippen LogP contribution >= 0.6 is 0 Å². The van der Waals surface area contributed by atoms with Gasteiger partial charge in [-0.25, -0.2) is 17.2 Å². The van der Waals surface area contributed by atoms with E-state index in [1.165, 1.54) is 6.92 Å². The number of likely N-dealkylation sites (N-methyl/N-ethyl adjacent to an activating group) is 1. The Morgan fingerprint density at radius 2 is 1.75 bits per heavy atom. The van der Waals surface area contributed by atoms with Crippen LogP contribution in [0.15, 0.2) is 18.2 Å². The fraction of sp³-hybridized carbons (Fsp3) is 0.533. The summed E-state index contributed by atoms with van der Waals surface area (Å²) in [5.74, 6) is -2.61. The third-order valence-corrected chi connectivity index (χ3v) is 5.28. The molecule has 0 bridgehead atoms. The lowest BCUT2D eigenvalue weighted by Crippen LogP contribution is -2.54. The molecule has 1 aliphatic heterocycles. The lowest BCUT2D eigenvalue weighted by molar-refractivity contribution is -0.133. The molecule has 0 saturated carbocycles. The molecule has 1 aromatic rings. The van der Waals surface area contributed by atoms with E-state index in [-0.39, 0.29) is 11.6 Å². The Bertz CT molecular complexity index is 719. The highest BCUT2D eigenvalue weighted by Crippen LogP contribution is 2.24. The van der Waals surface area contributed by atoms with Crippen LogP contribution in [0.2, 0.25) is 0 Å². The summed E-state index contributed by atoms with van der Waals surface area (Å²) in [5.41, 5.74) is -0.0774. The molecule has 2 rings (SSSR count). The SMILES string of the molecule is C[C@H](C(=O)N1CCN(C)CC1)N(c1ccc(F)c(F)c1)S(C)(=O)=O. The first kappa shape index (κ1) is 18.6. The predicted octanol–water partition coefficient (Wildman–Crippen LogP) is 0.893. The maximum atomic E-state index is 13.5. The average Bonchev–Trinajstić information content (AvgIpc) is 2.49. The first-order chi connectivity index (χ1) is 11.1. The van der Waals surface area contributed by atoms with E-state index < -0.39 is 27.7 Å². The van der Waals surface area contributed by atoms with E-state index >= 15 is 0 Å². The quantitative estimate of drug-likeness (QED) is 0.799. The van der Waals surface area contributed by atoms with Crippen LogP contribution in [0.3, 0.4) is 0 Å². The number of carbonyl (C=O) groups excluding carboxylic acids is 1. The van der Waals surface area contributed by atoms with E-state index in [1.54, 1.807) is 4.90 Å². The molecule has 1 aliphatic rings. The molecule has 0 radical (unpaired) electrons. The van der Waals surface area contributed by atoms with Crippen LogP contribution in [0, 0.1) is 11.6 Å². The molecule has 1 saturated heterocycles. The van der Waals surface area contributed by atoms with Crippen LogP contribution in [0.4, 0.5) is 14.5 Å². The average molecular weight is 361 g/mol. The number of benzene rings is 1. The fourth-order valence-corrected chi connectivity index (χ4v) is 3.88. The molecule has 1 aromatic carbocycles. The highest BCUT2D eigenvalue weighted by Gasteiger charge is 2.33. The van der Waals surface area contributed by atoms with Gasteiger partial charge < -0.3 is 9.80 Å². The molecule has 1 heterocycles. The van der Waals surface area contributed by atoms with Crippen molar-refractivity contribution in [3.63, 3.8) is 0 Å². The van der Waals surface area contributed by atoms with Crippen molar-refractivity contribution in [2.24, 2.45) is 0 Å². The predicted molar refractivity (Wildman–Crippen MR) is 87.2 cm³/mol. The second kappa shape index (κ2) is 7.02. The summed E-state index contributed by atoms with van der Waals surface area (Å²) < 4.78 is 51.7. The molecule has 0 unspecified atom stereocenters. The van der Waals surface area contributed by atoms with E-state index in [0.29, 0.717) is 26.2 Å². The van der Waals surface area contributed by atoms with Crippen molar-refractivity contribution in [1.82, 2.24) is 9.80 Å². The summed E-state index contributed by atoms with van der Waals surface area (Å²) in [7, 11) is -1.92. The number of halogens is 2. The van der Waals surface area contributed by atoms with Gasteiger partial charge in [-0.15, -0.1) is 0 Å². The van der Waals surface area contributed by atoms with Crippen molar-refractivity contribution in [2.45, 2.75) is 13.0 Å². The molecule has 0 aliphatic carbocycles. The summed E-state index contributed by atoms with van der Waals surface area (Å²) in [5, 5.41) is 0. The van der Waals surface area contributed by atoms with Gasteiger partial charge in [-0.1, -0.05) is 0 Å². The molecule has 0 N–H and O–H groups in total. The van der Waals surface area contributed by atoms with Crippen LogP contribution in [-0.4, -0.2) is 69.6 Å². The number of rotatable bonds is 4. The maximum absolute atomic E-state index is 13.5. The maximum Gasteiger partial charge on any atom is 0.246 e. The minimum atomic E-state index is -3.85. The fourth-order valence-electron chi connectivity index (χ4n) is 2.72. The molecule has 0 aromatic heterocycles. The summed E-state index contributed by atoms with van der Waals surface area (Å²) in [4.78, 5) is 16.3. The smallest absolute Gasteiger partial charge is 0.246 e. The van der Waals surface area contributed by atoms with Gasteiger partial charge in [0.15, 0.2) is 11.6 Å². The van der Waals surface area contributed by atoms with Crippen LogP contribution in [0.5, 0.6) is 0 Å². The van der Waals surface area contributed by atoms with Gasteiger partial charge in [-0.2, -0.15) is 0 Å². The topological polar surface area (TPSA) is 60.9 Å². The third-order valence-electron chi connectivity index (χ3n) is 4.04. The molecule has 1 atom stereocenters. The van der Waals surface area contributed by atoms with E-state index in [9.17, 15) is 22.0 Å². The van der Waals surface area contributed by atoms with E-state index in [1.807, 2.05) is 7.05 Å². The molecule has 0 spiro atoms. The Hall–Kier alpha value is -1.74. The first-order valence-corrected chi connectivity index (χ1v) is 9.38. The van der Waals surface area contributed by atoms with Gasteiger partial charge in [0, 0.05) is 32.2 Å². The van der Waals surface area contributed by atoms with Gasteiger partial charge in [0.05, 0.1) is 11.9 Å². The first-order valence-electron chi connectivity index (χ1n) is 7.53. The zero-order chi connectivity index (χ0) is 18.1. The third kappa shape index (κ3) is 4.02. The highest BCUT2D eigenvalue weighted by atomic mass is 32.2. The number of carbonyl (C=O) groups is 1. The molecule has 6 nitrogen and oxygen atoms in total. The van der Waals surface area contributed by atoms with E-state index in [0.717, 1.165) is 28.8 Å². The number of sulfonamides is 1. The van der Waals surface area contributed by atoms with Gasteiger partial charge in [-0.3, -0.25) is 9.10 Å². The van der Waals surface area contributed by atoms with Crippen LogP contribution in [-0.2, 0) is 14.8 Å². The second-order valence-electron chi connectivity index (χ2n) is 5.96. The van der Waals surface area contributed by atoms with Crippen molar-refractivity contribution in [3.8, 4) is 0 Å². The van der Waals surface area contributed by atoms with Gasteiger partial charge in [0.1, 0.15) is 6.04 Å². The zero-order valence-electron chi connectivity index (χ0n) is 13.9. The minimum absolute atomic E-state index is 0.0774. The van der Waals surface area contributed by atoms with Crippen molar-refractivity contribution in [1.29, 1.82) is 0 Å². The summed E-state index contributed by atoms with van der Waals surface area (Å²) >= 11 is 0. The monoisotopic (exact) mass is 361 g/mol. The van der Waals surface area contributed by atoms with Crippen molar-refractivity contribution in [3.05, 3.63) is 29.8 Å². The molecule has 1 fully saturated rings. The zero-order valence-corrected chi connectivity index (χ0v) is 14.7. The van der Waals surface area contributed by atoms with Gasteiger partial charge >= 0.3 is 0 Å². The molecular weight excluding hydrogens is 340 g/mol. The van der Waals surface area contributed by atoms with Crippen LogP contribution < -0.4 is 4.31 Å². The number of anilines is 1. The summed E-state index contributed by atoms with van der Waals surface area (Å²) in [6.45, 7) is 3.83. The lowest BCUT2D eigenvalue weighted by atomic mass is 10.2. The number of piperazine rings is 1. The Morgan fingerprint density at radius 1 is 1.17 bits per heavy atom. The van der Waals surface area contributed by atoms with Crippen LogP contribution in [0.1, 0.15) is 6.92 Å².